The van der Waals surface area contributed by atoms with Gasteiger partial charge >= 0.3 is 0 Å². The number of anilines is 1. The number of benzene rings is 2. The Balaban J connectivity index is 1.94. The number of rotatable bonds is 7. The summed E-state index contributed by atoms with van der Waals surface area (Å²) in [6, 6.07) is 9.86. The van der Waals surface area contributed by atoms with Crippen LogP contribution in [-0.4, -0.2) is 49.0 Å². The van der Waals surface area contributed by atoms with Gasteiger partial charge in [-0.25, -0.2) is 27.2 Å². The second-order valence-corrected chi connectivity index (χ2v) is 9.62. The third-order valence-corrected chi connectivity index (χ3v) is 5.78. The minimum absolute atomic E-state index is 0.0308. The van der Waals surface area contributed by atoms with Crippen LogP contribution in [0, 0.1) is 11.6 Å². The standard InChI is InChI=1S/C23H20F2N4O3S/c1-26-23-18-10-15(17-12-16(24)5-6-19(17)25)11-20(32-8-9-33(2,30)31)21(18)28-22(29-23)14-4-3-7-27-13-14/h3-7,10-13H,8-9H2,1-2H3,(H,26,28,29). The van der Waals surface area contributed by atoms with E-state index in [1.165, 1.54) is 6.07 Å². The van der Waals surface area contributed by atoms with Crippen LogP contribution in [-0.2, 0) is 9.84 Å². The van der Waals surface area contributed by atoms with Crippen molar-refractivity contribution in [3.05, 3.63) is 66.5 Å². The summed E-state index contributed by atoms with van der Waals surface area (Å²) in [5.74, 6) is -0.395. The van der Waals surface area contributed by atoms with Crippen molar-refractivity contribution in [1.29, 1.82) is 0 Å². The van der Waals surface area contributed by atoms with E-state index >= 15 is 0 Å². The first-order valence-electron chi connectivity index (χ1n) is 9.95. The zero-order chi connectivity index (χ0) is 23.6. The second-order valence-electron chi connectivity index (χ2n) is 7.36. The van der Waals surface area contributed by atoms with Gasteiger partial charge in [0.15, 0.2) is 15.7 Å². The lowest BCUT2D eigenvalue weighted by molar-refractivity contribution is 0.344. The summed E-state index contributed by atoms with van der Waals surface area (Å²) in [7, 11) is -1.60. The fourth-order valence-electron chi connectivity index (χ4n) is 3.30. The third-order valence-electron chi connectivity index (χ3n) is 4.87. The van der Waals surface area contributed by atoms with E-state index in [-0.39, 0.29) is 23.7 Å². The van der Waals surface area contributed by atoms with Crippen LogP contribution in [0.1, 0.15) is 0 Å². The number of halogens is 2. The van der Waals surface area contributed by atoms with Crippen LogP contribution in [0.15, 0.2) is 54.9 Å². The van der Waals surface area contributed by atoms with Crippen molar-refractivity contribution in [2.75, 3.05) is 31.0 Å². The zero-order valence-electron chi connectivity index (χ0n) is 17.8. The molecule has 2 aromatic heterocycles. The molecular formula is C23H20F2N4O3S. The van der Waals surface area contributed by atoms with Crippen molar-refractivity contribution in [3.63, 3.8) is 0 Å². The Hall–Kier alpha value is -3.66. The van der Waals surface area contributed by atoms with Crippen LogP contribution < -0.4 is 10.1 Å². The predicted molar refractivity (Wildman–Crippen MR) is 123 cm³/mol. The molecule has 2 aromatic carbocycles. The molecule has 0 saturated heterocycles. The number of aromatic nitrogens is 3. The van der Waals surface area contributed by atoms with Gasteiger partial charge in [0, 0.05) is 42.2 Å². The highest BCUT2D eigenvalue weighted by Crippen LogP contribution is 2.37. The van der Waals surface area contributed by atoms with Gasteiger partial charge < -0.3 is 10.1 Å². The van der Waals surface area contributed by atoms with E-state index in [1.54, 1.807) is 37.6 Å². The van der Waals surface area contributed by atoms with Crippen molar-refractivity contribution < 1.29 is 21.9 Å². The molecule has 0 atom stereocenters. The molecule has 0 fully saturated rings. The lowest BCUT2D eigenvalue weighted by atomic mass is 10.0. The normalized spacial score (nSPS) is 11.5. The molecule has 0 aliphatic carbocycles. The van der Waals surface area contributed by atoms with E-state index in [0.29, 0.717) is 33.7 Å². The number of hydrogen-bond acceptors (Lipinski definition) is 7. The smallest absolute Gasteiger partial charge is 0.163 e. The molecule has 7 nitrogen and oxygen atoms in total. The summed E-state index contributed by atoms with van der Waals surface area (Å²) in [6.07, 6.45) is 4.35. The van der Waals surface area contributed by atoms with Crippen molar-refractivity contribution >= 4 is 26.6 Å². The van der Waals surface area contributed by atoms with E-state index in [9.17, 15) is 17.2 Å². The average Bonchev–Trinajstić information content (AvgIpc) is 2.79. The molecule has 10 heteroatoms. The number of ether oxygens (including phenoxy) is 1. The quantitative estimate of drug-likeness (QED) is 0.435. The summed E-state index contributed by atoms with van der Waals surface area (Å²) >= 11 is 0. The van der Waals surface area contributed by atoms with Crippen LogP contribution in [0.4, 0.5) is 14.6 Å². The summed E-state index contributed by atoms with van der Waals surface area (Å²) in [6.45, 7) is -0.135. The number of fused-ring (bicyclic) bond motifs is 1. The van der Waals surface area contributed by atoms with Crippen molar-refractivity contribution in [2.24, 2.45) is 0 Å². The molecule has 1 N–H and O–H groups in total. The molecule has 0 saturated carbocycles. The number of nitrogens with one attached hydrogen (secondary N) is 1. The van der Waals surface area contributed by atoms with Crippen molar-refractivity contribution in [3.8, 4) is 28.3 Å². The molecule has 0 radical (unpaired) electrons. The molecule has 33 heavy (non-hydrogen) atoms. The molecule has 0 aliphatic rings. The van der Waals surface area contributed by atoms with Gasteiger partial charge in [-0.1, -0.05) is 0 Å². The Morgan fingerprint density at radius 2 is 1.88 bits per heavy atom. The molecule has 0 spiro atoms. The van der Waals surface area contributed by atoms with Gasteiger partial charge in [0.2, 0.25) is 0 Å². The van der Waals surface area contributed by atoms with Gasteiger partial charge in [0.1, 0.15) is 35.3 Å². The highest BCUT2D eigenvalue weighted by molar-refractivity contribution is 7.90. The molecule has 2 heterocycles. The Morgan fingerprint density at radius 1 is 1.06 bits per heavy atom. The maximum atomic E-state index is 14.5. The highest BCUT2D eigenvalue weighted by Gasteiger charge is 2.18. The van der Waals surface area contributed by atoms with E-state index < -0.39 is 21.5 Å². The van der Waals surface area contributed by atoms with Gasteiger partial charge in [-0.3, -0.25) is 4.98 Å². The van der Waals surface area contributed by atoms with Gasteiger partial charge in [-0.15, -0.1) is 0 Å². The molecule has 0 bridgehead atoms. The van der Waals surface area contributed by atoms with Crippen LogP contribution in [0.5, 0.6) is 5.75 Å². The Morgan fingerprint density at radius 3 is 2.58 bits per heavy atom. The largest absolute Gasteiger partial charge is 0.490 e. The van der Waals surface area contributed by atoms with Crippen LogP contribution in [0.2, 0.25) is 0 Å². The third kappa shape index (κ3) is 5.06. The lowest BCUT2D eigenvalue weighted by Crippen LogP contribution is -2.12. The van der Waals surface area contributed by atoms with Crippen LogP contribution in [0.3, 0.4) is 0 Å². The molecule has 0 amide bonds. The number of sulfone groups is 1. The summed E-state index contributed by atoms with van der Waals surface area (Å²) in [5.41, 5.74) is 1.42. The molecule has 0 unspecified atom stereocenters. The van der Waals surface area contributed by atoms with E-state index in [4.69, 9.17) is 4.74 Å². The topological polar surface area (TPSA) is 94.1 Å². The highest BCUT2D eigenvalue weighted by atomic mass is 32.2. The first-order chi connectivity index (χ1) is 15.7. The fourth-order valence-corrected chi connectivity index (χ4v) is 3.69. The molecule has 4 rings (SSSR count). The SMILES string of the molecule is CNc1nc(-c2cccnc2)nc2c(OCCS(C)(=O)=O)cc(-c3cc(F)ccc3F)cc12. The lowest BCUT2D eigenvalue weighted by Gasteiger charge is -2.15. The number of nitrogens with zero attached hydrogens (tertiary/aromatic N) is 3. The monoisotopic (exact) mass is 470 g/mol. The number of pyridine rings is 1. The van der Waals surface area contributed by atoms with Gasteiger partial charge in [-0.2, -0.15) is 0 Å². The molecule has 4 aromatic rings. The second kappa shape index (κ2) is 9.07. The maximum absolute atomic E-state index is 14.5. The minimum Gasteiger partial charge on any atom is -0.490 e. The van der Waals surface area contributed by atoms with Gasteiger partial charge in [0.25, 0.3) is 0 Å². The molecule has 0 aliphatic heterocycles. The minimum atomic E-state index is -3.27. The van der Waals surface area contributed by atoms with E-state index in [0.717, 1.165) is 24.5 Å². The van der Waals surface area contributed by atoms with Gasteiger partial charge in [0.05, 0.1) is 5.75 Å². The zero-order valence-corrected chi connectivity index (χ0v) is 18.7. The first-order valence-corrected chi connectivity index (χ1v) is 12.0. The van der Waals surface area contributed by atoms with Crippen LogP contribution in [0.25, 0.3) is 33.4 Å². The summed E-state index contributed by atoms with van der Waals surface area (Å²) < 4.78 is 57.3. The summed E-state index contributed by atoms with van der Waals surface area (Å²) in [4.78, 5) is 13.2. The number of hydrogen-bond donors (Lipinski definition) is 1. The molecule has 170 valence electrons. The summed E-state index contributed by atoms with van der Waals surface area (Å²) in [5, 5.41) is 3.50. The first kappa shape index (κ1) is 22.5. The maximum Gasteiger partial charge on any atom is 0.163 e. The Kier molecular flexibility index (Phi) is 6.19. The van der Waals surface area contributed by atoms with E-state index in [1.807, 2.05) is 0 Å². The predicted octanol–water partition coefficient (Wildman–Crippen LogP) is 4.10. The van der Waals surface area contributed by atoms with Crippen molar-refractivity contribution in [1.82, 2.24) is 15.0 Å². The Labute approximate surface area is 189 Å². The fraction of sp³-hybridized carbons (Fsp3) is 0.174. The Bertz CT molecular complexity index is 1430. The average molecular weight is 471 g/mol. The molecular weight excluding hydrogens is 450 g/mol. The van der Waals surface area contributed by atoms with E-state index in [2.05, 4.69) is 20.3 Å². The van der Waals surface area contributed by atoms with Gasteiger partial charge in [-0.05, 0) is 48.0 Å². The van der Waals surface area contributed by atoms with Crippen molar-refractivity contribution in [2.45, 2.75) is 0 Å². The van der Waals surface area contributed by atoms with Crippen LogP contribution >= 0.6 is 0 Å².